The first-order valence-electron chi connectivity index (χ1n) is 7.59. The summed E-state index contributed by atoms with van der Waals surface area (Å²) in [6, 6.07) is 0.791. The van der Waals surface area contributed by atoms with E-state index in [1.807, 2.05) is 13.8 Å². The summed E-state index contributed by atoms with van der Waals surface area (Å²) in [6.07, 6.45) is 3.05. The van der Waals surface area contributed by atoms with Crippen molar-refractivity contribution in [1.82, 2.24) is 10.2 Å². The quantitative estimate of drug-likeness (QED) is 0.749. The van der Waals surface area contributed by atoms with Crippen LogP contribution in [0.15, 0.2) is 0 Å². The van der Waals surface area contributed by atoms with Crippen molar-refractivity contribution < 1.29 is 14.7 Å². The summed E-state index contributed by atoms with van der Waals surface area (Å²) in [5.74, 6) is -0.542. The number of nitrogens with zero attached hydrogens (tertiary/aromatic N) is 1. The van der Waals surface area contributed by atoms with Gasteiger partial charge in [-0.1, -0.05) is 6.92 Å². The van der Waals surface area contributed by atoms with Crippen molar-refractivity contribution in [2.45, 2.75) is 71.5 Å². The third-order valence-electron chi connectivity index (χ3n) is 4.32. The lowest BCUT2D eigenvalue weighted by Gasteiger charge is -2.31. The first-order valence-corrected chi connectivity index (χ1v) is 7.59. The molecule has 0 spiro atoms. The average Bonchev–Trinajstić information content (AvgIpc) is 2.72. The van der Waals surface area contributed by atoms with E-state index >= 15 is 0 Å². The van der Waals surface area contributed by atoms with Crippen molar-refractivity contribution >= 4 is 11.9 Å². The van der Waals surface area contributed by atoms with Crippen LogP contribution in [0.25, 0.3) is 0 Å². The minimum Gasteiger partial charge on any atom is -0.481 e. The molecule has 4 atom stereocenters. The fourth-order valence-electron chi connectivity index (χ4n) is 3.01. The van der Waals surface area contributed by atoms with Crippen LogP contribution >= 0.6 is 0 Å². The van der Waals surface area contributed by atoms with E-state index in [2.05, 4.69) is 24.1 Å². The van der Waals surface area contributed by atoms with Crippen molar-refractivity contribution in [2.24, 2.45) is 5.92 Å². The molecule has 0 aliphatic carbocycles. The summed E-state index contributed by atoms with van der Waals surface area (Å²) in [6.45, 7) is 8.81. The number of carbonyl (C=O) groups is 2. The van der Waals surface area contributed by atoms with Crippen LogP contribution in [0.4, 0.5) is 0 Å². The zero-order valence-electron chi connectivity index (χ0n) is 13.1. The molecule has 0 radical (unpaired) electrons. The molecule has 0 bridgehead atoms. The molecular weight excluding hydrogens is 256 g/mol. The van der Waals surface area contributed by atoms with Gasteiger partial charge in [0.1, 0.15) is 0 Å². The van der Waals surface area contributed by atoms with Crippen molar-refractivity contribution in [2.75, 3.05) is 6.54 Å². The number of hydrogen-bond donors (Lipinski definition) is 2. The van der Waals surface area contributed by atoms with Gasteiger partial charge in [0.2, 0.25) is 5.91 Å². The number of carboxylic acid groups (broad SMARTS) is 1. The Kier molecular flexibility index (Phi) is 6.46. The Morgan fingerprint density at radius 2 is 1.80 bits per heavy atom. The number of likely N-dealkylation sites (tertiary alicyclic amines) is 1. The van der Waals surface area contributed by atoms with Gasteiger partial charge in [0.05, 0.1) is 6.04 Å². The molecular formula is C15H28N2O3. The first kappa shape index (κ1) is 17.0. The summed E-state index contributed by atoms with van der Waals surface area (Å²) in [5, 5.41) is 11.6. The van der Waals surface area contributed by atoms with E-state index in [0.717, 1.165) is 12.8 Å². The van der Waals surface area contributed by atoms with Gasteiger partial charge in [0.15, 0.2) is 0 Å². The molecule has 2 N–H and O–H groups in total. The monoisotopic (exact) mass is 284 g/mol. The van der Waals surface area contributed by atoms with Crippen LogP contribution in [0.5, 0.6) is 0 Å². The fourth-order valence-corrected chi connectivity index (χ4v) is 3.01. The number of amides is 1. The largest absolute Gasteiger partial charge is 0.481 e. The van der Waals surface area contributed by atoms with Crippen LogP contribution in [0.2, 0.25) is 0 Å². The minimum atomic E-state index is -0.781. The summed E-state index contributed by atoms with van der Waals surface area (Å²) in [7, 11) is 0. The zero-order chi connectivity index (χ0) is 15.3. The molecule has 1 rings (SSSR count). The molecule has 1 aliphatic rings. The Labute approximate surface area is 121 Å². The third-order valence-corrected chi connectivity index (χ3v) is 4.32. The smallest absolute Gasteiger partial charge is 0.303 e. The van der Waals surface area contributed by atoms with Gasteiger partial charge in [-0.2, -0.15) is 0 Å². The van der Waals surface area contributed by atoms with Gasteiger partial charge in [-0.25, -0.2) is 0 Å². The molecule has 1 amide bonds. The number of rotatable bonds is 7. The van der Waals surface area contributed by atoms with Gasteiger partial charge in [-0.05, 0) is 46.0 Å². The van der Waals surface area contributed by atoms with Gasteiger partial charge in [-0.15, -0.1) is 0 Å². The SMILES string of the molecule is CC(CCC(=O)O)CNC(=O)C(C)N1C(C)CCC1C. The van der Waals surface area contributed by atoms with Crippen molar-refractivity contribution in [3.8, 4) is 0 Å². The Morgan fingerprint density at radius 1 is 1.25 bits per heavy atom. The Hall–Kier alpha value is -1.10. The molecule has 0 aromatic heterocycles. The second-order valence-electron chi connectivity index (χ2n) is 6.18. The standard InChI is InChI=1S/C15H28N2O3/c1-10(5-8-14(18)19)9-16-15(20)13(4)17-11(2)6-7-12(17)3/h10-13H,5-9H2,1-4H3,(H,16,20)(H,18,19). The predicted octanol–water partition coefficient (Wildman–Crippen LogP) is 1.86. The molecule has 5 heteroatoms. The highest BCUT2D eigenvalue weighted by Gasteiger charge is 2.34. The van der Waals surface area contributed by atoms with Crippen molar-refractivity contribution in [3.63, 3.8) is 0 Å². The minimum absolute atomic E-state index is 0.0489. The molecule has 5 nitrogen and oxygen atoms in total. The number of aliphatic carboxylic acids is 1. The normalized spacial score (nSPS) is 26.2. The van der Waals surface area contributed by atoms with E-state index in [1.54, 1.807) is 0 Å². The van der Waals surface area contributed by atoms with Gasteiger partial charge in [0, 0.05) is 25.0 Å². The van der Waals surface area contributed by atoms with Crippen LogP contribution in [0.3, 0.4) is 0 Å². The molecule has 0 aromatic carbocycles. The Bertz CT molecular complexity index is 336. The molecule has 4 unspecified atom stereocenters. The first-order chi connectivity index (χ1) is 9.32. The molecule has 116 valence electrons. The third kappa shape index (κ3) is 4.78. The second kappa shape index (κ2) is 7.62. The van der Waals surface area contributed by atoms with E-state index in [0.29, 0.717) is 25.0 Å². The molecule has 1 saturated heterocycles. The van der Waals surface area contributed by atoms with E-state index in [-0.39, 0.29) is 24.3 Å². The second-order valence-corrected chi connectivity index (χ2v) is 6.18. The van der Waals surface area contributed by atoms with Crippen LogP contribution in [-0.2, 0) is 9.59 Å². The number of nitrogens with one attached hydrogen (secondary N) is 1. The summed E-state index contributed by atoms with van der Waals surface area (Å²) in [4.78, 5) is 25.0. The van der Waals surface area contributed by atoms with Crippen LogP contribution < -0.4 is 5.32 Å². The lowest BCUT2D eigenvalue weighted by Crippen LogP contribution is -2.49. The molecule has 0 aromatic rings. The molecule has 1 aliphatic heterocycles. The Balaban J connectivity index is 2.36. The highest BCUT2D eigenvalue weighted by atomic mass is 16.4. The molecule has 0 saturated carbocycles. The Morgan fingerprint density at radius 3 is 2.30 bits per heavy atom. The van der Waals surface area contributed by atoms with Crippen molar-refractivity contribution in [3.05, 3.63) is 0 Å². The summed E-state index contributed by atoms with van der Waals surface area (Å²) in [5.41, 5.74) is 0. The molecule has 20 heavy (non-hydrogen) atoms. The van der Waals surface area contributed by atoms with Crippen LogP contribution in [0, 0.1) is 5.92 Å². The van der Waals surface area contributed by atoms with Crippen LogP contribution in [0.1, 0.15) is 53.4 Å². The molecule has 1 fully saturated rings. The number of carbonyl (C=O) groups excluding carboxylic acids is 1. The maximum Gasteiger partial charge on any atom is 0.303 e. The van der Waals surface area contributed by atoms with E-state index in [1.165, 1.54) is 0 Å². The fraction of sp³-hybridized carbons (Fsp3) is 0.867. The van der Waals surface area contributed by atoms with Gasteiger partial charge in [0.25, 0.3) is 0 Å². The van der Waals surface area contributed by atoms with Crippen molar-refractivity contribution in [1.29, 1.82) is 0 Å². The number of hydrogen-bond acceptors (Lipinski definition) is 3. The lowest BCUT2D eigenvalue weighted by atomic mass is 10.1. The maximum absolute atomic E-state index is 12.2. The van der Waals surface area contributed by atoms with Gasteiger partial charge < -0.3 is 10.4 Å². The van der Waals surface area contributed by atoms with Gasteiger partial charge in [-0.3, -0.25) is 14.5 Å². The van der Waals surface area contributed by atoms with E-state index in [4.69, 9.17) is 5.11 Å². The topological polar surface area (TPSA) is 69.6 Å². The predicted molar refractivity (Wildman–Crippen MR) is 78.5 cm³/mol. The summed E-state index contributed by atoms with van der Waals surface area (Å²) >= 11 is 0. The van der Waals surface area contributed by atoms with Gasteiger partial charge >= 0.3 is 5.97 Å². The lowest BCUT2D eigenvalue weighted by molar-refractivity contribution is -0.137. The van der Waals surface area contributed by atoms with Crippen LogP contribution in [-0.4, -0.2) is 46.6 Å². The average molecular weight is 284 g/mol. The number of carboxylic acids is 1. The highest BCUT2D eigenvalue weighted by molar-refractivity contribution is 5.81. The molecule has 1 heterocycles. The van der Waals surface area contributed by atoms with E-state index < -0.39 is 5.97 Å². The zero-order valence-corrected chi connectivity index (χ0v) is 13.1. The highest BCUT2D eigenvalue weighted by Crippen LogP contribution is 2.25. The maximum atomic E-state index is 12.2. The van der Waals surface area contributed by atoms with E-state index in [9.17, 15) is 9.59 Å². The summed E-state index contributed by atoms with van der Waals surface area (Å²) < 4.78 is 0.